The normalized spacial score (nSPS) is 16.8. The van der Waals surface area contributed by atoms with Gasteiger partial charge in [-0.15, -0.1) is 0 Å². The molecule has 1 aromatic heterocycles. The third-order valence-electron chi connectivity index (χ3n) is 4.37. The highest BCUT2D eigenvalue weighted by molar-refractivity contribution is 5.92. The predicted octanol–water partition coefficient (Wildman–Crippen LogP) is 3.06. The molecule has 0 radical (unpaired) electrons. The third-order valence-corrected chi connectivity index (χ3v) is 4.37. The molecule has 2 heterocycles. The second-order valence-electron chi connectivity index (χ2n) is 5.68. The minimum Gasteiger partial charge on any atom is -0.356 e. The molecule has 1 fully saturated rings. The largest absolute Gasteiger partial charge is 0.356 e. The number of hydrogen-bond acceptors (Lipinski definition) is 3. The lowest BCUT2D eigenvalue weighted by molar-refractivity contribution is 0.377. The molecule has 1 N–H and O–H groups in total. The average molecular weight is 269 g/mol. The van der Waals surface area contributed by atoms with E-state index in [9.17, 15) is 0 Å². The molecule has 1 saturated heterocycles. The van der Waals surface area contributed by atoms with Crippen molar-refractivity contribution in [1.29, 1.82) is 0 Å². The Hall–Kier alpha value is -1.61. The van der Waals surface area contributed by atoms with Crippen molar-refractivity contribution >= 4 is 16.6 Å². The maximum Gasteiger partial charge on any atom is 0.136 e. The number of nitrogens with one attached hydrogen (secondary N) is 1. The van der Waals surface area contributed by atoms with E-state index in [4.69, 9.17) is 0 Å². The van der Waals surface area contributed by atoms with Gasteiger partial charge in [-0.1, -0.05) is 24.3 Å². The molecule has 1 aliphatic heterocycles. The van der Waals surface area contributed by atoms with E-state index in [-0.39, 0.29) is 0 Å². The molecule has 2 aromatic rings. The lowest BCUT2D eigenvalue weighted by Crippen LogP contribution is -2.35. The van der Waals surface area contributed by atoms with E-state index in [0.717, 1.165) is 31.4 Å². The average Bonchev–Trinajstić information content (AvgIpc) is 2.53. The van der Waals surface area contributed by atoms with Gasteiger partial charge in [0.2, 0.25) is 0 Å². The van der Waals surface area contributed by atoms with Crippen LogP contribution in [0, 0.1) is 5.92 Å². The van der Waals surface area contributed by atoms with Crippen molar-refractivity contribution in [2.75, 3.05) is 31.6 Å². The number of pyridine rings is 1. The smallest absolute Gasteiger partial charge is 0.136 e. The molecule has 1 aliphatic rings. The molecule has 0 unspecified atom stereocenters. The van der Waals surface area contributed by atoms with Gasteiger partial charge in [0.25, 0.3) is 0 Å². The van der Waals surface area contributed by atoms with Crippen LogP contribution in [0.3, 0.4) is 0 Å². The van der Waals surface area contributed by atoms with Gasteiger partial charge in [-0.05, 0) is 50.2 Å². The first-order valence-corrected chi connectivity index (χ1v) is 7.62. The summed E-state index contributed by atoms with van der Waals surface area (Å²) in [5, 5.41) is 5.82. The summed E-state index contributed by atoms with van der Waals surface area (Å²) in [6.07, 6.45) is 5.80. The van der Waals surface area contributed by atoms with Crippen LogP contribution in [0.25, 0.3) is 10.8 Å². The van der Waals surface area contributed by atoms with Crippen molar-refractivity contribution < 1.29 is 0 Å². The molecule has 0 atom stereocenters. The van der Waals surface area contributed by atoms with Crippen LogP contribution >= 0.6 is 0 Å². The molecule has 3 heteroatoms. The van der Waals surface area contributed by atoms with Gasteiger partial charge < -0.3 is 10.2 Å². The van der Waals surface area contributed by atoms with Crippen molar-refractivity contribution in [3.8, 4) is 0 Å². The molecule has 1 aromatic carbocycles. The fraction of sp³-hybridized carbons (Fsp3) is 0.471. The monoisotopic (exact) mass is 269 g/mol. The molecular weight excluding hydrogens is 246 g/mol. The number of piperidine rings is 1. The van der Waals surface area contributed by atoms with E-state index < -0.39 is 0 Å². The lowest BCUT2D eigenvalue weighted by Gasteiger charge is -2.33. The first-order valence-electron chi connectivity index (χ1n) is 7.62. The minimum atomic E-state index is 0.869. The van der Waals surface area contributed by atoms with Gasteiger partial charge in [0.05, 0.1) is 0 Å². The molecule has 0 spiro atoms. The van der Waals surface area contributed by atoms with Gasteiger partial charge in [0, 0.05) is 24.7 Å². The first-order chi connectivity index (χ1) is 9.88. The molecule has 0 bridgehead atoms. The van der Waals surface area contributed by atoms with Gasteiger partial charge in [-0.3, -0.25) is 0 Å². The zero-order chi connectivity index (χ0) is 13.8. The summed E-state index contributed by atoms with van der Waals surface area (Å²) in [7, 11) is 2.04. The Labute approximate surface area is 121 Å². The molecule has 20 heavy (non-hydrogen) atoms. The zero-order valence-corrected chi connectivity index (χ0v) is 12.2. The van der Waals surface area contributed by atoms with E-state index in [1.54, 1.807) is 0 Å². The van der Waals surface area contributed by atoms with E-state index in [0.29, 0.717) is 0 Å². The number of rotatable bonds is 4. The van der Waals surface area contributed by atoms with Crippen LogP contribution in [0.15, 0.2) is 36.5 Å². The number of aromatic nitrogens is 1. The summed E-state index contributed by atoms with van der Waals surface area (Å²) < 4.78 is 0. The Morgan fingerprint density at radius 3 is 2.80 bits per heavy atom. The van der Waals surface area contributed by atoms with Gasteiger partial charge in [0.1, 0.15) is 5.82 Å². The van der Waals surface area contributed by atoms with Gasteiger partial charge in [-0.2, -0.15) is 0 Å². The molecule has 3 rings (SSSR count). The van der Waals surface area contributed by atoms with E-state index in [2.05, 4.69) is 45.5 Å². The first kappa shape index (κ1) is 13.4. The van der Waals surface area contributed by atoms with Gasteiger partial charge in [0.15, 0.2) is 0 Å². The van der Waals surface area contributed by atoms with Crippen LogP contribution in [0.4, 0.5) is 5.82 Å². The van der Waals surface area contributed by atoms with Crippen LogP contribution in [-0.4, -0.2) is 31.7 Å². The van der Waals surface area contributed by atoms with Crippen LogP contribution in [0.1, 0.15) is 19.3 Å². The summed E-state index contributed by atoms with van der Waals surface area (Å²) in [5.74, 6) is 2.03. The van der Waals surface area contributed by atoms with E-state index in [1.165, 1.54) is 30.0 Å². The van der Waals surface area contributed by atoms with E-state index in [1.807, 2.05) is 13.2 Å². The fourth-order valence-electron chi connectivity index (χ4n) is 3.14. The number of fused-ring (bicyclic) bond motifs is 1. The Morgan fingerprint density at radius 1 is 1.20 bits per heavy atom. The summed E-state index contributed by atoms with van der Waals surface area (Å²) >= 11 is 0. The predicted molar refractivity (Wildman–Crippen MR) is 85.2 cm³/mol. The number of benzene rings is 1. The quantitative estimate of drug-likeness (QED) is 0.924. The highest BCUT2D eigenvalue weighted by Gasteiger charge is 2.20. The second-order valence-corrected chi connectivity index (χ2v) is 5.68. The van der Waals surface area contributed by atoms with Crippen molar-refractivity contribution in [1.82, 2.24) is 10.3 Å². The SMILES string of the molecule is CNCCC1CCN(c2nccc3ccccc23)CC1. The second kappa shape index (κ2) is 6.23. The Balaban J connectivity index is 1.74. The number of anilines is 1. The van der Waals surface area contributed by atoms with Crippen molar-refractivity contribution in [2.24, 2.45) is 5.92 Å². The molecule has 0 aliphatic carbocycles. The van der Waals surface area contributed by atoms with Crippen molar-refractivity contribution in [3.63, 3.8) is 0 Å². The topological polar surface area (TPSA) is 28.2 Å². The third kappa shape index (κ3) is 2.78. The van der Waals surface area contributed by atoms with Crippen LogP contribution < -0.4 is 10.2 Å². The highest BCUT2D eigenvalue weighted by Crippen LogP contribution is 2.28. The van der Waals surface area contributed by atoms with Crippen molar-refractivity contribution in [3.05, 3.63) is 36.5 Å². The maximum atomic E-state index is 4.63. The molecule has 0 saturated carbocycles. The van der Waals surface area contributed by atoms with Crippen LogP contribution in [-0.2, 0) is 0 Å². The maximum absolute atomic E-state index is 4.63. The lowest BCUT2D eigenvalue weighted by atomic mass is 9.93. The van der Waals surface area contributed by atoms with Gasteiger partial charge >= 0.3 is 0 Å². The molecular formula is C17H23N3. The summed E-state index contributed by atoms with van der Waals surface area (Å²) in [6, 6.07) is 10.6. The highest BCUT2D eigenvalue weighted by atomic mass is 15.2. The molecule has 3 nitrogen and oxygen atoms in total. The Morgan fingerprint density at radius 2 is 2.00 bits per heavy atom. The van der Waals surface area contributed by atoms with Crippen LogP contribution in [0.2, 0.25) is 0 Å². The minimum absolute atomic E-state index is 0.869. The summed E-state index contributed by atoms with van der Waals surface area (Å²) in [6.45, 7) is 3.40. The number of nitrogens with zero attached hydrogens (tertiary/aromatic N) is 2. The molecule has 106 valence electrons. The number of hydrogen-bond donors (Lipinski definition) is 1. The Bertz CT molecular complexity index is 554. The van der Waals surface area contributed by atoms with Crippen LogP contribution in [0.5, 0.6) is 0 Å². The molecule has 0 amide bonds. The van der Waals surface area contributed by atoms with E-state index >= 15 is 0 Å². The van der Waals surface area contributed by atoms with Crippen molar-refractivity contribution in [2.45, 2.75) is 19.3 Å². The summed E-state index contributed by atoms with van der Waals surface area (Å²) in [5.41, 5.74) is 0. The summed E-state index contributed by atoms with van der Waals surface area (Å²) in [4.78, 5) is 7.09. The fourth-order valence-corrected chi connectivity index (χ4v) is 3.14. The Kier molecular flexibility index (Phi) is 4.16. The standard InChI is InChI=1S/C17H23N3/c1-18-10-6-14-8-12-20(13-9-14)17-16-5-3-2-4-15(16)7-11-19-17/h2-5,7,11,14,18H,6,8-10,12-13H2,1H3. The zero-order valence-electron chi connectivity index (χ0n) is 12.2. The van der Waals surface area contributed by atoms with Gasteiger partial charge in [-0.25, -0.2) is 4.98 Å².